The first-order valence-corrected chi connectivity index (χ1v) is 8.55. The smallest absolute Gasteiger partial charge is 0.412 e. The van der Waals surface area contributed by atoms with Crippen molar-refractivity contribution in [2.24, 2.45) is 0 Å². The summed E-state index contributed by atoms with van der Waals surface area (Å²) < 4.78 is 71.9. The fourth-order valence-corrected chi connectivity index (χ4v) is 2.69. The summed E-state index contributed by atoms with van der Waals surface area (Å²) >= 11 is 0. The lowest BCUT2D eigenvalue weighted by molar-refractivity contribution is -0.163. The highest BCUT2D eigenvalue weighted by Crippen LogP contribution is 2.32. The number of nitrogens with one attached hydrogen (secondary N) is 1. The van der Waals surface area contributed by atoms with Gasteiger partial charge in [0.1, 0.15) is 11.6 Å². The van der Waals surface area contributed by atoms with Crippen molar-refractivity contribution < 1.29 is 31.2 Å². The average Bonchev–Trinajstić information content (AvgIpc) is 3.13. The summed E-state index contributed by atoms with van der Waals surface area (Å²) in [5, 5.41) is 1.96. The third kappa shape index (κ3) is 5.18. The highest BCUT2D eigenvalue weighted by molar-refractivity contribution is 5.76. The number of aryl methyl sites for hydroxylation is 1. The lowest BCUT2D eigenvalue weighted by Gasteiger charge is -2.22. The van der Waals surface area contributed by atoms with Gasteiger partial charge in [0.15, 0.2) is 17.7 Å². The first kappa shape index (κ1) is 20.5. The van der Waals surface area contributed by atoms with Crippen LogP contribution in [0.5, 0.6) is 0 Å². The monoisotopic (exact) mass is 410 g/mol. The molecule has 1 aromatic heterocycles. The molecule has 0 aliphatic rings. The molecule has 1 heterocycles. The maximum atomic E-state index is 13.8. The number of rotatable bonds is 6. The standard InChI is InChI=1S/C20H15F5N2O2/c21-13-6-7-14(15(22)10-13)16-11-26-18(29-16)9-8-17(28)27-19(20(23,24)25)12-4-2-1-3-5-12/h1-7,10-11,19H,8-9H2,(H,27,28). The van der Waals surface area contributed by atoms with E-state index in [0.717, 1.165) is 6.07 Å². The SMILES string of the molecule is O=C(CCc1ncc(-c2ccc(F)cc2F)o1)NC(c1ccccc1)C(F)(F)F. The Morgan fingerprint density at radius 2 is 1.83 bits per heavy atom. The third-order valence-electron chi connectivity index (χ3n) is 4.08. The Hall–Kier alpha value is -3.23. The molecule has 0 saturated heterocycles. The van der Waals surface area contributed by atoms with Crippen LogP contribution in [0.2, 0.25) is 0 Å². The lowest BCUT2D eigenvalue weighted by Crippen LogP contribution is -2.38. The fourth-order valence-electron chi connectivity index (χ4n) is 2.69. The summed E-state index contributed by atoms with van der Waals surface area (Å²) in [6, 6.07) is 7.79. The molecule has 1 amide bonds. The summed E-state index contributed by atoms with van der Waals surface area (Å²) in [5.74, 6) is -2.37. The van der Waals surface area contributed by atoms with Crippen LogP contribution in [0, 0.1) is 11.6 Å². The minimum atomic E-state index is -4.66. The van der Waals surface area contributed by atoms with Gasteiger partial charge in [-0.2, -0.15) is 13.2 Å². The predicted molar refractivity (Wildman–Crippen MR) is 93.6 cm³/mol. The van der Waals surface area contributed by atoms with E-state index in [1.54, 1.807) is 6.07 Å². The number of nitrogens with zero attached hydrogens (tertiary/aromatic N) is 1. The summed E-state index contributed by atoms with van der Waals surface area (Å²) in [6.07, 6.45) is -3.86. The van der Waals surface area contributed by atoms with Crippen LogP contribution in [0.3, 0.4) is 0 Å². The van der Waals surface area contributed by atoms with Gasteiger partial charge in [-0.1, -0.05) is 30.3 Å². The van der Waals surface area contributed by atoms with Crippen molar-refractivity contribution in [3.63, 3.8) is 0 Å². The number of hydrogen-bond donors (Lipinski definition) is 1. The Labute approximate surface area is 162 Å². The van der Waals surface area contributed by atoms with E-state index in [1.807, 2.05) is 5.32 Å². The second kappa shape index (κ2) is 8.42. The average molecular weight is 410 g/mol. The molecule has 0 saturated carbocycles. The molecular formula is C20H15F5N2O2. The Bertz CT molecular complexity index is 986. The van der Waals surface area contributed by atoms with E-state index in [2.05, 4.69) is 4.98 Å². The summed E-state index contributed by atoms with van der Waals surface area (Å²) in [6.45, 7) is 0. The number of carbonyl (C=O) groups excluding carboxylic acids is 1. The molecule has 0 aliphatic heterocycles. The zero-order valence-corrected chi connectivity index (χ0v) is 14.8. The maximum absolute atomic E-state index is 13.8. The Kier molecular flexibility index (Phi) is 5.95. The van der Waals surface area contributed by atoms with Gasteiger partial charge in [0, 0.05) is 18.9 Å². The normalized spacial score (nSPS) is 12.6. The molecule has 0 fully saturated rings. The zero-order valence-electron chi connectivity index (χ0n) is 14.8. The number of oxazole rings is 1. The molecular weight excluding hydrogens is 395 g/mol. The molecule has 3 aromatic rings. The van der Waals surface area contributed by atoms with Gasteiger partial charge in [0.2, 0.25) is 5.91 Å². The third-order valence-corrected chi connectivity index (χ3v) is 4.08. The molecule has 4 nitrogen and oxygen atoms in total. The zero-order chi connectivity index (χ0) is 21.0. The molecule has 0 aliphatic carbocycles. The van der Waals surface area contributed by atoms with E-state index in [1.165, 1.54) is 36.5 Å². The topological polar surface area (TPSA) is 55.1 Å². The summed E-state index contributed by atoms with van der Waals surface area (Å²) in [5.41, 5.74) is -0.102. The second-order valence-electron chi connectivity index (χ2n) is 6.20. The van der Waals surface area contributed by atoms with Gasteiger partial charge in [-0.3, -0.25) is 4.79 Å². The van der Waals surface area contributed by atoms with Gasteiger partial charge in [0.05, 0.1) is 11.8 Å². The van der Waals surface area contributed by atoms with Gasteiger partial charge < -0.3 is 9.73 Å². The molecule has 1 unspecified atom stereocenters. The number of alkyl halides is 3. The molecule has 3 rings (SSSR count). The maximum Gasteiger partial charge on any atom is 0.412 e. The van der Waals surface area contributed by atoms with Crippen LogP contribution in [0.4, 0.5) is 22.0 Å². The molecule has 29 heavy (non-hydrogen) atoms. The number of hydrogen-bond acceptors (Lipinski definition) is 3. The van der Waals surface area contributed by atoms with Crippen LogP contribution in [0.1, 0.15) is 23.9 Å². The van der Waals surface area contributed by atoms with Gasteiger partial charge in [-0.25, -0.2) is 13.8 Å². The molecule has 1 atom stereocenters. The van der Waals surface area contributed by atoms with E-state index in [9.17, 15) is 26.7 Å². The van der Waals surface area contributed by atoms with Crippen molar-refractivity contribution in [3.05, 3.63) is 77.8 Å². The number of amides is 1. The molecule has 0 radical (unpaired) electrons. The van der Waals surface area contributed by atoms with Crippen molar-refractivity contribution >= 4 is 5.91 Å². The molecule has 9 heteroatoms. The number of aromatic nitrogens is 1. The van der Waals surface area contributed by atoms with E-state index in [-0.39, 0.29) is 35.6 Å². The van der Waals surface area contributed by atoms with Crippen molar-refractivity contribution in [1.29, 1.82) is 0 Å². The van der Waals surface area contributed by atoms with Crippen molar-refractivity contribution in [3.8, 4) is 11.3 Å². The molecule has 152 valence electrons. The van der Waals surface area contributed by atoms with Crippen LogP contribution in [0.25, 0.3) is 11.3 Å². The van der Waals surface area contributed by atoms with Crippen LogP contribution < -0.4 is 5.32 Å². The number of carbonyl (C=O) groups is 1. The number of benzene rings is 2. The van der Waals surface area contributed by atoms with Crippen LogP contribution in [-0.2, 0) is 11.2 Å². The molecule has 0 bridgehead atoms. The minimum Gasteiger partial charge on any atom is -0.441 e. The summed E-state index contributed by atoms with van der Waals surface area (Å²) in [7, 11) is 0. The second-order valence-corrected chi connectivity index (χ2v) is 6.20. The lowest BCUT2D eigenvalue weighted by atomic mass is 10.1. The van der Waals surface area contributed by atoms with Gasteiger partial charge >= 0.3 is 6.18 Å². The Morgan fingerprint density at radius 3 is 2.48 bits per heavy atom. The van der Waals surface area contributed by atoms with E-state index >= 15 is 0 Å². The Morgan fingerprint density at radius 1 is 1.10 bits per heavy atom. The van der Waals surface area contributed by atoms with Crippen LogP contribution in [-0.4, -0.2) is 17.1 Å². The van der Waals surface area contributed by atoms with Gasteiger partial charge in [0.25, 0.3) is 0 Å². The van der Waals surface area contributed by atoms with Crippen molar-refractivity contribution in [1.82, 2.24) is 10.3 Å². The molecule has 0 spiro atoms. The van der Waals surface area contributed by atoms with Crippen molar-refractivity contribution in [2.45, 2.75) is 25.1 Å². The highest BCUT2D eigenvalue weighted by atomic mass is 19.4. The predicted octanol–water partition coefficient (Wildman–Crippen LogP) is 4.97. The highest BCUT2D eigenvalue weighted by Gasteiger charge is 2.41. The largest absolute Gasteiger partial charge is 0.441 e. The Balaban J connectivity index is 1.64. The molecule has 2 aromatic carbocycles. The number of halogens is 5. The van der Waals surface area contributed by atoms with Crippen LogP contribution in [0.15, 0.2) is 59.1 Å². The minimum absolute atomic E-state index is 0.0178. The van der Waals surface area contributed by atoms with Gasteiger partial charge in [-0.15, -0.1) is 0 Å². The van der Waals surface area contributed by atoms with E-state index in [4.69, 9.17) is 4.42 Å². The van der Waals surface area contributed by atoms with Crippen molar-refractivity contribution in [2.75, 3.05) is 0 Å². The first-order valence-electron chi connectivity index (χ1n) is 8.55. The fraction of sp³-hybridized carbons (Fsp3) is 0.200. The first-order chi connectivity index (χ1) is 13.7. The summed E-state index contributed by atoms with van der Waals surface area (Å²) in [4.78, 5) is 15.9. The van der Waals surface area contributed by atoms with E-state index in [0.29, 0.717) is 6.07 Å². The quantitative estimate of drug-likeness (QED) is 0.584. The molecule has 1 N–H and O–H groups in total. The van der Waals surface area contributed by atoms with Crippen LogP contribution >= 0.6 is 0 Å². The van der Waals surface area contributed by atoms with E-state index < -0.39 is 29.8 Å². The van der Waals surface area contributed by atoms with Gasteiger partial charge in [-0.05, 0) is 17.7 Å².